The summed E-state index contributed by atoms with van der Waals surface area (Å²) in [6.07, 6.45) is 1.21. The third kappa shape index (κ3) is 1.78. The largest absolute Gasteiger partial charge is 0.497 e. The van der Waals surface area contributed by atoms with Crippen molar-refractivity contribution in [3.8, 4) is 5.75 Å². The van der Waals surface area contributed by atoms with Crippen LogP contribution in [0, 0.1) is 0 Å². The Hall–Kier alpha value is -1.61. The van der Waals surface area contributed by atoms with Crippen LogP contribution in [-0.2, 0) is 0 Å². The maximum atomic E-state index is 9.62. The van der Waals surface area contributed by atoms with Gasteiger partial charge >= 0.3 is 0 Å². The predicted octanol–water partition coefficient (Wildman–Crippen LogP) is 2.30. The summed E-state index contributed by atoms with van der Waals surface area (Å²) in [5.41, 5.74) is 1.74. The summed E-state index contributed by atoms with van der Waals surface area (Å²) in [4.78, 5) is 4.23. The summed E-state index contributed by atoms with van der Waals surface area (Å²) in [6, 6.07) is 7.47. The number of nitrogens with zero attached hydrogens (tertiary/aromatic N) is 1. The van der Waals surface area contributed by atoms with Crippen molar-refractivity contribution < 1.29 is 9.84 Å². The van der Waals surface area contributed by atoms with Crippen LogP contribution < -0.4 is 4.74 Å². The Balaban J connectivity index is 2.70. The van der Waals surface area contributed by atoms with Crippen LogP contribution in [-0.4, -0.2) is 17.2 Å². The summed E-state index contributed by atoms with van der Waals surface area (Å²) in [7, 11) is 1.62. The van der Waals surface area contributed by atoms with E-state index in [0.29, 0.717) is 0 Å². The lowest BCUT2D eigenvalue weighted by molar-refractivity contribution is 0.201. The minimum atomic E-state index is -0.498. The van der Waals surface area contributed by atoms with Crippen LogP contribution in [0.3, 0.4) is 0 Å². The highest BCUT2D eigenvalue weighted by molar-refractivity contribution is 5.83. The van der Waals surface area contributed by atoms with Crippen LogP contribution in [0.2, 0.25) is 0 Å². The Morgan fingerprint density at radius 2 is 2.13 bits per heavy atom. The third-order valence-corrected chi connectivity index (χ3v) is 2.43. The molecule has 1 N–H and O–H groups in total. The van der Waals surface area contributed by atoms with E-state index < -0.39 is 6.10 Å². The Kier molecular flexibility index (Phi) is 2.56. The molecule has 78 valence electrons. The molecule has 0 aliphatic rings. The van der Waals surface area contributed by atoms with Crippen molar-refractivity contribution in [3.63, 3.8) is 0 Å². The van der Waals surface area contributed by atoms with Crippen molar-refractivity contribution in [2.75, 3.05) is 7.11 Å². The van der Waals surface area contributed by atoms with E-state index in [9.17, 15) is 5.11 Å². The van der Waals surface area contributed by atoms with E-state index in [0.717, 1.165) is 22.2 Å². The van der Waals surface area contributed by atoms with Gasteiger partial charge in [-0.15, -0.1) is 0 Å². The van der Waals surface area contributed by atoms with Crippen LogP contribution in [0.1, 0.15) is 18.6 Å². The molecule has 0 aliphatic carbocycles. The number of aliphatic hydroxyl groups excluding tert-OH is 1. The van der Waals surface area contributed by atoms with Crippen molar-refractivity contribution >= 4 is 10.9 Å². The molecule has 0 radical (unpaired) electrons. The van der Waals surface area contributed by atoms with E-state index in [1.54, 1.807) is 20.2 Å². The Labute approximate surface area is 88.3 Å². The lowest BCUT2D eigenvalue weighted by Gasteiger charge is -2.09. The molecule has 3 heteroatoms. The molecule has 2 rings (SSSR count). The fourth-order valence-electron chi connectivity index (χ4n) is 1.64. The van der Waals surface area contributed by atoms with E-state index in [1.165, 1.54) is 0 Å². The van der Waals surface area contributed by atoms with Gasteiger partial charge in [-0.3, -0.25) is 4.98 Å². The molecule has 15 heavy (non-hydrogen) atoms. The predicted molar refractivity (Wildman–Crippen MR) is 58.9 cm³/mol. The molecular formula is C12H13NO2. The summed E-state index contributed by atoms with van der Waals surface area (Å²) in [5.74, 6) is 0.775. The van der Waals surface area contributed by atoms with Crippen LogP contribution in [0.4, 0.5) is 0 Å². The normalized spacial score (nSPS) is 12.7. The number of pyridine rings is 1. The van der Waals surface area contributed by atoms with E-state index in [4.69, 9.17) is 4.74 Å². The SMILES string of the molecule is COc1ccc2nccc([C@@H](C)O)c2c1. The van der Waals surface area contributed by atoms with E-state index in [1.807, 2.05) is 24.3 Å². The van der Waals surface area contributed by atoms with Crippen LogP contribution >= 0.6 is 0 Å². The van der Waals surface area contributed by atoms with Gasteiger partial charge in [-0.1, -0.05) is 0 Å². The van der Waals surface area contributed by atoms with E-state index in [-0.39, 0.29) is 0 Å². The number of hydrogen-bond donors (Lipinski definition) is 1. The average molecular weight is 203 g/mol. The van der Waals surface area contributed by atoms with Gasteiger partial charge in [-0.25, -0.2) is 0 Å². The highest BCUT2D eigenvalue weighted by Gasteiger charge is 2.07. The smallest absolute Gasteiger partial charge is 0.119 e. The van der Waals surface area contributed by atoms with Gasteiger partial charge in [0.05, 0.1) is 18.7 Å². The first-order valence-corrected chi connectivity index (χ1v) is 4.83. The molecule has 1 heterocycles. The number of aromatic nitrogens is 1. The standard InChI is InChI=1S/C12H13NO2/c1-8(14)10-5-6-13-12-4-3-9(15-2)7-11(10)12/h3-8,14H,1-2H3/t8-/m1/s1. The number of rotatable bonds is 2. The van der Waals surface area contributed by atoms with Gasteiger partial charge in [-0.05, 0) is 36.8 Å². The second-order valence-electron chi connectivity index (χ2n) is 3.46. The Bertz CT molecular complexity index is 480. The quantitative estimate of drug-likeness (QED) is 0.814. The zero-order chi connectivity index (χ0) is 10.8. The fraction of sp³-hybridized carbons (Fsp3) is 0.250. The molecule has 1 aromatic heterocycles. The highest BCUT2D eigenvalue weighted by Crippen LogP contribution is 2.26. The topological polar surface area (TPSA) is 42.4 Å². The number of hydrogen-bond acceptors (Lipinski definition) is 3. The molecule has 1 atom stereocenters. The van der Waals surface area contributed by atoms with Crippen molar-refractivity contribution in [1.82, 2.24) is 4.98 Å². The lowest BCUT2D eigenvalue weighted by Crippen LogP contribution is -1.94. The minimum Gasteiger partial charge on any atom is -0.497 e. The molecule has 1 aromatic carbocycles. The Morgan fingerprint density at radius 1 is 1.33 bits per heavy atom. The van der Waals surface area contributed by atoms with E-state index in [2.05, 4.69) is 4.98 Å². The molecule has 3 nitrogen and oxygen atoms in total. The molecule has 0 saturated heterocycles. The highest BCUT2D eigenvalue weighted by atomic mass is 16.5. The number of methoxy groups -OCH3 is 1. The fourth-order valence-corrected chi connectivity index (χ4v) is 1.64. The number of fused-ring (bicyclic) bond motifs is 1. The molecule has 0 bridgehead atoms. The maximum Gasteiger partial charge on any atom is 0.119 e. The zero-order valence-electron chi connectivity index (χ0n) is 8.77. The number of ether oxygens (including phenoxy) is 1. The first-order valence-electron chi connectivity index (χ1n) is 4.83. The zero-order valence-corrected chi connectivity index (χ0v) is 8.77. The molecule has 2 aromatic rings. The van der Waals surface area contributed by atoms with Crippen LogP contribution in [0.25, 0.3) is 10.9 Å². The van der Waals surface area contributed by atoms with Crippen molar-refractivity contribution in [1.29, 1.82) is 0 Å². The summed E-state index contributed by atoms with van der Waals surface area (Å²) < 4.78 is 5.15. The second kappa shape index (κ2) is 3.87. The van der Waals surface area contributed by atoms with Gasteiger partial charge in [0.25, 0.3) is 0 Å². The monoisotopic (exact) mass is 203 g/mol. The third-order valence-electron chi connectivity index (χ3n) is 2.43. The van der Waals surface area contributed by atoms with Crippen LogP contribution in [0.5, 0.6) is 5.75 Å². The molecule has 0 amide bonds. The van der Waals surface area contributed by atoms with Gasteiger partial charge in [0.1, 0.15) is 5.75 Å². The number of benzene rings is 1. The van der Waals surface area contributed by atoms with Crippen molar-refractivity contribution in [2.45, 2.75) is 13.0 Å². The molecule has 0 saturated carbocycles. The molecule has 0 unspecified atom stereocenters. The number of aliphatic hydroxyl groups is 1. The van der Waals surface area contributed by atoms with Gasteiger partial charge < -0.3 is 9.84 Å². The summed E-state index contributed by atoms with van der Waals surface area (Å²) >= 11 is 0. The molecule has 0 spiro atoms. The first-order chi connectivity index (χ1) is 7.22. The van der Waals surface area contributed by atoms with Gasteiger partial charge in [0.2, 0.25) is 0 Å². The van der Waals surface area contributed by atoms with Gasteiger partial charge in [0.15, 0.2) is 0 Å². The van der Waals surface area contributed by atoms with Crippen LogP contribution in [0.15, 0.2) is 30.5 Å². The molecule has 0 aliphatic heterocycles. The molecule has 0 fully saturated rings. The van der Waals surface area contributed by atoms with Gasteiger partial charge in [0, 0.05) is 11.6 Å². The minimum absolute atomic E-state index is 0.498. The average Bonchev–Trinajstić information content (AvgIpc) is 2.27. The van der Waals surface area contributed by atoms with Crippen molar-refractivity contribution in [2.24, 2.45) is 0 Å². The lowest BCUT2D eigenvalue weighted by atomic mass is 10.1. The second-order valence-corrected chi connectivity index (χ2v) is 3.46. The first kappa shape index (κ1) is 9.93. The summed E-state index contributed by atoms with van der Waals surface area (Å²) in [5, 5.41) is 10.6. The van der Waals surface area contributed by atoms with Gasteiger partial charge in [-0.2, -0.15) is 0 Å². The van der Waals surface area contributed by atoms with E-state index >= 15 is 0 Å². The molecular weight excluding hydrogens is 190 g/mol. The van der Waals surface area contributed by atoms with Crippen molar-refractivity contribution in [3.05, 3.63) is 36.0 Å². The maximum absolute atomic E-state index is 9.62. The Morgan fingerprint density at radius 3 is 2.80 bits per heavy atom. The summed E-state index contributed by atoms with van der Waals surface area (Å²) in [6.45, 7) is 1.74.